The molecule has 4 heteroatoms. The number of aryl methyl sites for hydroxylation is 2. The van der Waals surface area contributed by atoms with Gasteiger partial charge in [-0.15, -0.1) is 0 Å². The van der Waals surface area contributed by atoms with E-state index in [1.807, 2.05) is 19.9 Å². The maximum atomic E-state index is 9.35. The Labute approximate surface area is 115 Å². The minimum Gasteiger partial charge on any atom is -0.379 e. The third-order valence-electron chi connectivity index (χ3n) is 3.95. The van der Waals surface area contributed by atoms with Gasteiger partial charge in [0.2, 0.25) is 0 Å². The van der Waals surface area contributed by atoms with Gasteiger partial charge in [0, 0.05) is 25.9 Å². The number of anilines is 1. The first kappa shape index (κ1) is 13.8. The number of methoxy groups -OCH3 is 1. The van der Waals surface area contributed by atoms with Gasteiger partial charge in [-0.1, -0.05) is 6.92 Å². The molecule has 1 aliphatic rings. The Hall–Kier alpha value is -1.60. The molecule has 1 fully saturated rings. The van der Waals surface area contributed by atoms with Crippen LogP contribution >= 0.6 is 0 Å². The Morgan fingerprint density at radius 2 is 2.21 bits per heavy atom. The number of piperidine rings is 1. The van der Waals surface area contributed by atoms with E-state index in [-0.39, 0.29) is 6.10 Å². The molecule has 2 unspecified atom stereocenters. The van der Waals surface area contributed by atoms with Crippen molar-refractivity contribution >= 4 is 5.69 Å². The fourth-order valence-corrected chi connectivity index (χ4v) is 2.76. The number of aromatic nitrogens is 1. The van der Waals surface area contributed by atoms with Crippen molar-refractivity contribution in [2.75, 3.05) is 25.1 Å². The van der Waals surface area contributed by atoms with Crippen LogP contribution in [0.1, 0.15) is 30.3 Å². The largest absolute Gasteiger partial charge is 0.379 e. The van der Waals surface area contributed by atoms with Gasteiger partial charge < -0.3 is 9.64 Å². The van der Waals surface area contributed by atoms with Crippen LogP contribution in [0.15, 0.2) is 6.07 Å². The molecule has 0 N–H and O–H groups in total. The van der Waals surface area contributed by atoms with Crippen molar-refractivity contribution in [1.29, 1.82) is 5.26 Å². The molecule has 2 atom stereocenters. The Kier molecular flexibility index (Phi) is 4.06. The summed E-state index contributed by atoms with van der Waals surface area (Å²) >= 11 is 0. The van der Waals surface area contributed by atoms with E-state index in [9.17, 15) is 5.26 Å². The molecule has 2 rings (SSSR count). The highest BCUT2D eigenvalue weighted by Crippen LogP contribution is 2.28. The SMILES string of the molecule is COC1CN(c2cc(C)nc(C)c2C#N)CCC1C. The molecule has 0 aliphatic carbocycles. The third kappa shape index (κ3) is 2.71. The summed E-state index contributed by atoms with van der Waals surface area (Å²) < 4.78 is 5.55. The molecule has 102 valence electrons. The van der Waals surface area contributed by atoms with Gasteiger partial charge in [-0.25, -0.2) is 0 Å². The maximum absolute atomic E-state index is 9.35. The zero-order chi connectivity index (χ0) is 14.0. The molecule has 1 aliphatic heterocycles. The molecular weight excluding hydrogens is 238 g/mol. The average Bonchev–Trinajstić information content (AvgIpc) is 2.38. The lowest BCUT2D eigenvalue weighted by Crippen LogP contribution is -2.44. The number of hydrogen-bond donors (Lipinski definition) is 0. The number of ether oxygens (including phenoxy) is 1. The monoisotopic (exact) mass is 259 g/mol. The zero-order valence-corrected chi connectivity index (χ0v) is 12.1. The number of rotatable bonds is 2. The summed E-state index contributed by atoms with van der Waals surface area (Å²) in [4.78, 5) is 6.63. The van der Waals surface area contributed by atoms with Gasteiger partial charge in [0.25, 0.3) is 0 Å². The van der Waals surface area contributed by atoms with E-state index < -0.39 is 0 Å². The van der Waals surface area contributed by atoms with Crippen molar-refractivity contribution in [3.8, 4) is 6.07 Å². The van der Waals surface area contributed by atoms with Crippen molar-refractivity contribution in [2.24, 2.45) is 5.92 Å². The Bertz CT molecular complexity index is 507. The van der Waals surface area contributed by atoms with Gasteiger partial charge in [-0.3, -0.25) is 4.98 Å². The second-order valence-electron chi connectivity index (χ2n) is 5.34. The lowest BCUT2D eigenvalue weighted by atomic mass is 9.95. The molecule has 0 amide bonds. The molecule has 19 heavy (non-hydrogen) atoms. The molecule has 0 bridgehead atoms. The number of nitriles is 1. The van der Waals surface area contributed by atoms with E-state index in [0.29, 0.717) is 11.5 Å². The predicted octanol–water partition coefficient (Wildman–Crippen LogP) is 2.43. The van der Waals surface area contributed by atoms with Crippen molar-refractivity contribution in [3.63, 3.8) is 0 Å². The van der Waals surface area contributed by atoms with Crippen molar-refractivity contribution in [3.05, 3.63) is 23.0 Å². The second kappa shape index (κ2) is 5.58. The van der Waals surface area contributed by atoms with Gasteiger partial charge in [-0.2, -0.15) is 5.26 Å². The number of pyridine rings is 1. The fourth-order valence-electron chi connectivity index (χ4n) is 2.76. The van der Waals surface area contributed by atoms with Crippen LogP contribution < -0.4 is 4.90 Å². The van der Waals surface area contributed by atoms with Crippen LogP contribution in [0.5, 0.6) is 0 Å². The first-order valence-corrected chi connectivity index (χ1v) is 6.73. The molecule has 0 radical (unpaired) electrons. The zero-order valence-electron chi connectivity index (χ0n) is 12.1. The van der Waals surface area contributed by atoms with Crippen molar-refractivity contribution in [2.45, 2.75) is 33.3 Å². The van der Waals surface area contributed by atoms with Crippen molar-refractivity contribution in [1.82, 2.24) is 4.98 Å². The van der Waals surface area contributed by atoms with Crippen LogP contribution in [-0.2, 0) is 4.74 Å². The van der Waals surface area contributed by atoms with E-state index in [2.05, 4.69) is 22.9 Å². The topological polar surface area (TPSA) is 49.1 Å². The minimum atomic E-state index is 0.231. The van der Waals surface area contributed by atoms with Gasteiger partial charge in [0.15, 0.2) is 0 Å². The smallest absolute Gasteiger partial charge is 0.103 e. The summed E-state index contributed by atoms with van der Waals surface area (Å²) in [5.41, 5.74) is 3.46. The Balaban J connectivity index is 2.34. The van der Waals surface area contributed by atoms with E-state index in [0.717, 1.165) is 36.6 Å². The summed E-state index contributed by atoms with van der Waals surface area (Å²) in [6.07, 6.45) is 1.32. The molecule has 4 nitrogen and oxygen atoms in total. The quantitative estimate of drug-likeness (QED) is 0.818. The fraction of sp³-hybridized carbons (Fsp3) is 0.600. The first-order valence-electron chi connectivity index (χ1n) is 6.73. The lowest BCUT2D eigenvalue weighted by molar-refractivity contribution is 0.0498. The third-order valence-corrected chi connectivity index (χ3v) is 3.95. The minimum absolute atomic E-state index is 0.231. The van der Waals surface area contributed by atoms with Crippen LogP contribution in [0, 0.1) is 31.1 Å². The maximum Gasteiger partial charge on any atom is 0.103 e. The molecule has 0 saturated carbocycles. The highest BCUT2D eigenvalue weighted by molar-refractivity contribution is 5.62. The Morgan fingerprint density at radius 1 is 1.47 bits per heavy atom. The Morgan fingerprint density at radius 3 is 2.84 bits per heavy atom. The molecule has 0 spiro atoms. The average molecular weight is 259 g/mol. The van der Waals surface area contributed by atoms with Crippen LogP contribution in [0.3, 0.4) is 0 Å². The second-order valence-corrected chi connectivity index (χ2v) is 5.34. The first-order chi connectivity index (χ1) is 9.06. The van der Waals surface area contributed by atoms with E-state index >= 15 is 0 Å². The van der Waals surface area contributed by atoms with Gasteiger partial charge in [0.1, 0.15) is 6.07 Å². The van der Waals surface area contributed by atoms with Crippen molar-refractivity contribution < 1.29 is 4.74 Å². The van der Waals surface area contributed by atoms with E-state index in [1.165, 1.54) is 0 Å². The summed E-state index contributed by atoms with van der Waals surface area (Å²) in [6.45, 7) is 7.90. The molecular formula is C15H21N3O. The highest BCUT2D eigenvalue weighted by Gasteiger charge is 2.27. The normalized spacial score (nSPS) is 23.2. The van der Waals surface area contributed by atoms with E-state index in [4.69, 9.17) is 4.74 Å². The van der Waals surface area contributed by atoms with E-state index in [1.54, 1.807) is 7.11 Å². The molecule has 1 aromatic heterocycles. The molecule has 2 heterocycles. The molecule has 1 saturated heterocycles. The van der Waals surface area contributed by atoms with Crippen LogP contribution in [0.4, 0.5) is 5.69 Å². The lowest BCUT2D eigenvalue weighted by Gasteiger charge is -2.38. The van der Waals surface area contributed by atoms with Crippen LogP contribution in [-0.4, -0.2) is 31.3 Å². The standard InChI is InChI=1S/C15H21N3O/c1-10-5-6-18(9-15(10)19-4)14-7-11(2)17-12(3)13(14)8-16/h7,10,15H,5-6,9H2,1-4H3. The summed E-state index contributed by atoms with van der Waals surface area (Å²) in [5.74, 6) is 0.566. The predicted molar refractivity (Wildman–Crippen MR) is 75.2 cm³/mol. The molecule has 0 aromatic carbocycles. The van der Waals surface area contributed by atoms with Gasteiger partial charge >= 0.3 is 0 Å². The summed E-state index contributed by atoms with van der Waals surface area (Å²) in [7, 11) is 1.76. The van der Waals surface area contributed by atoms with Gasteiger partial charge in [0.05, 0.1) is 23.0 Å². The van der Waals surface area contributed by atoms with Gasteiger partial charge in [-0.05, 0) is 32.3 Å². The molecule has 1 aromatic rings. The highest BCUT2D eigenvalue weighted by atomic mass is 16.5. The summed E-state index contributed by atoms with van der Waals surface area (Å²) in [5, 5.41) is 9.35. The number of hydrogen-bond acceptors (Lipinski definition) is 4. The number of nitrogens with zero attached hydrogens (tertiary/aromatic N) is 3. The van der Waals surface area contributed by atoms with Crippen LogP contribution in [0.25, 0.3) is 0 Å². The van der Waals surface area contributed by atoms with Crippen LogP contribution in [0.2, 0.25) is 0 Å². The summed E-state index contributed by atoms with van der Waals surface area (Å²) in [6, 6.07) is 4.30.